The van der Waals surface area contributed by atoms with Crippen molar-refractivity contribution in [2.45, 2.75) is 110 Å². The Balaban J connectivity index is 1.17. The lowest BCUT2D eigenvalue weighted by Crippen LogP contribution is -2.59. The number of aliphatic hydroxyl groups is 1. The molecule has 9 heteroatoms. The SMILES string of the molecule is Cc1cc(N2CCc3c(c(C)nn3CC34CCC(NC(O)OC(C)(C)C)(CC3)CC4)C2)c2cnn(C)c2n1. The van der Waals surface area contributed by atoms with Crippen molar-refractivity contribution in [2.75, 3.05) is 11.4 Å². The fraction of sp³-hybridized carbons (Fsp3) is 0.690. The van der Waals surface area contributed by atoms with E-state index >= 15 is 0 Å². The van der Waals surface area contributed by atoms with E-state index in [-0.39, 0.29) is 11.1 Å². The molecule has 206 valence electrons. The summed E-state index contributed by atoms with van der Waals surface area (Å²) in [5, 5.41) is 24.6. The van der Waals surface area contributed by atoms with Gasteiger partial charge in [0.25, 0.3) is 0 Å². The van der Waals surface area contributed by atoms with Crippen LogP contribution in [0, 0.1) is 19.3 Å². The zero-order valence-electron chi connectivity index (χ0n) is 23.8. The summed E-state index contributed by atoms with van der Waals surface area (Å²) in [6.45, 7) is 13.0. The zero-order valence-corrected chi connectivity index (χ0v) is 23.8. The number of nitrogens with zero attached hydrogens (tertiary/aromatic N) is 6. The molecule has 0 radical (unpaired) electrons. The minimum atomic E-state index is -0.915. The van der Waals surface area contributed by atoms with Crippen molar-refractivity contribution in [3.63, 3.8) is 0 Å². The van der Waals surface area contributed by atoms with Crippen LogP contribution in [0.4, 0.5) is 5.69 Å². The standard InChI is InChI=1S/C29H43N7O2/c1-19-15-24(21-16-30-34(6)25(21)31-19)35-14-7-23-22(17-35)20(2)33-36(23)18-28-8-11-29(12-9-28,13-10-28)32-26(37)38-27(3,4)5/h15-16,26,32,37H,7-14,17-18H2,1-6H3. The number of anilines is 1. The van der Waals surface area contributed by atoms with Gasteiger partial charge in [-0.1, -0.05) is 0 Å². The maximum Gasteiger partial charge on any atom is 0.214 e. The first-order valence-corrected chi connectivity index (χ1v) is 14.2. The van der Waals surface area contributed by atoms with Crippen LogP contribution < -0.4 is 10.2 Å². The van der Waals surface area contributed by atoms with Gasteiger partial charge in [-0.3, -0.25) is 14.7 Å². The number of aryl methyl sites for hydroxylation is 3. The summed E-state index contributed by atoms with van der Waals surface area (Å²) in [6.07, 6.45) is 8.75. The van der Waals surface area contributed by atoms with Crippen LogP contribution in [0.15, 0.2) is 12.3 Å². The number of rotatable bonds is 6. The predicted octanol–water partition coefficient (Wildman–Crippen LogP) is 4.12. The number of ether oxygens (including phenoxy) is 1. The monoisotopic (exact) mass is 521 g/mol. The molecule has 3 aliphatic carbocycles. The van der Waals surface area contributed by atoms with Crippen LogP contribution in [0.5, 0.6) is 0 Å². The maximum atomic E-state index is 10.5. The van der Waals surface area contributed by atoms with Crippen molar-refractivity contribution in [3.8, 4) is 0 Å². The average Bonchev–Trinajstić information content (AvgIpc) is 3.37. The van der Waals surface area contributed by atoms with Gasteiger partial charge in [-0.15, -0.1) is 0 Å². The van der Waals surface area contributed by atoms with E-state index < -0.39 is 6.41 Å². The van der Waals surface area contributed by atoms with E-state index in [1.807, 2.05) is 38.7 Å². The molecule has 3 aromatic rings. The molecule has 0 spiro atoms. The molecule has 1 atom stereocenters. The number of pyridine rings is 1. The Morgan fingerprint density at radius 1 is 1.13 bits per heavy atom. The third-order valence-electron chi connectivity index (χ3n) is 9.27. The third kappa shape index (κ3) is 4.62. The molecule has 38 heavy (non-hydrogen) atoms. The molecule has 9 nitrogen and oxygen atoms in total. The van der Waals surface area contributed by atoms with E-state index in [0.717, 1.165) is 87.0 Å². The Morgan fingerprint density at radius 2 is 1.84 bits per heavy atom. The van der Waals surface area contributed by atoms with Crippen LogP contribution >= 0.6 is 0 Å². The highest BCUT2D eigenvalue weighted by molar-refractivity contribution is 5.89. The van der Waals surface area contributed by atoms with Gasteiger partial charge in [0.15, 0.2) is 5.65 Å². The molecular formula is C29H43N7O2. The van der Waals surface area contributed by atoms with Crippen LogP contribution in [0.1, 0.15) is 81.9 Å². The Hall–Kier alpha value is -2.49. The molecule has 4 aliphatic rings. The average molecular weight is 522 g/mol. The molecule has 2 bridgehead atoms. The predicted molar refractivity (Wildman–Crippen MR) is 148 cm³/mol. The molecule has 2 N–H and O–H groups in total. The summed E-state index contributed by atoms with van der Waals surface area (Å²) in [5.74, 6) is 0. The minimum absolute atomic E-state index is 0.00726. The number of aliphatic hydroxyl groups excluding tert-OH is 1. The highest BCUT2D eigenvalue weighted by Crippen LogP contribution is 2.53. The van der Waals surface area contributed by atoms with Gasteiger partial charge >= 0.3 is 0 Å². The molecule has 4 heterocycles. The largest absolute Gasteiger partial charge is 0.366 e. The van der Waals surface area contributed by atoms with Crippen molar-refractivity contribution in [2.24, 2.45) is 12.5 Å². The van der Waals surface area contributed by atoms with Crippen LogP contribution in [0.2, 0.25) is 0 Å². The van der Waals surface area contributed by atoms with Crippen LogP contribution in [-0.2, 0) is 31.3 Å². The number of hydrogen-bond acceptors (Lipinski definition) is 7. The molecule has 1 aliphatic heterocycles. The first-order valence-electron chi connectivity index (χ1n) is 14.2. The summed E-state index contributed by atoms with van der Waals surface area (Å²) in [4.78, 5) is 7.19. The summed E-state index contributed by atoms with van der Waals surface area (Å²) >= 11 is 0. The Bertz CT molecular complexity index is 1330. The van der Waals surface area contributed by atoms with Gasteiger partial charge in [0, 0.05) is 55.6 Å². The molecular weight excluding hydrogens is 478 g/mol. The van der Waals surface area contributed by atoms with Gasteiger partial charge in [-0.05, 0) is 84.6 Å². The van der Waals surface area contributed by atoms with Crippen molar-refractivity contribution in [3.05, 3.63) is 34.9 Å². The highest BCUT2D eigenvalue weighted by Gasteiger charge is 2.50. The van der Waals surface area contributed by atoms with E-state index in [1.54, 1.807) is 0 Å². The smallest absolute Gasteiger partial charge is 0.214 e. The molecule has 1 unspecified atom stereocenters. The quantitative estimate of drug-likeness (QED) is 0.472. The zero-order chi connectivity index (χ0) is 26.9. The molecule has 7 rings (SSSR count). The minimum Gasteiger partial charge on any atom is -0.366 e. The highest BCUT2D eigenvalue weighted by atomic mass is 16.6. The van der Waals surface area contributed by atoms with Gasteiger partial charge in [-0.2, -0.15) is 10.2 Å². The molecule has 3 fully saturated rings. The second-order valence-corrected chi connectivity index (χ2v) is 13.1. The number of fused-ring (bicyclic) bond motifs is 5. The lowest BCUT2D eigenvalue weighted by atomic mass is 9.57. The van der Waals surface area contributed by atoms with E-state index in [2.05, 4.69) is 39.9 Å². The topological polar surface area (TPSA) is 93.3 Å². The Labute approximate surface area is 225 Å². The fourth-order valence-corrected chi connectivity index (χ4v) is 7.14. The molecule has 3 saturated carbocycles. The van der Waals surface area contributed by atoms with Crippen LogP contribution in [-0.4, -0.2) is 53.8 Å². The third-order valence-corrected chi connectivity index (χ3v) is 9.27. The lowest BCUT2D eigenvalue weighted by molar-refractivity contribution is -0.200. The molecule has 0 aromatic carbocycles. The summed E-state index contributed by atoms with van der Waals surface area (Å²) in [6, 6.07) is 2.20. The van der Waals surface area contributed by atoms with Crippen LogP contribution in [0.3, 0.4) is 0 Å². The van der Waals surface area contributed by atoms with Gasteiger partial charge in [0.1, 0.15) is 0 Å². The first-order chi connectivity index (χ1) is 17.9. The van der Waals surface area contributed by atoms with Gasteiger partial charge in [0.05, 0.1) is 28.6 Å². The first kappa shape index (κ1) is 25.8. The van der Waals surface area contributed by atoms with Crippen molar-refractivity contribution < 1.29 is 9.84 Å². The lowest BCUT2D eigenvalue weighted by Gasteiger charge is -2.54. The van der Waals surface area contributed by atoms with E-state index in [0.29, 0.717) is 5.41 Å². The van der Waals surface area contributed by atoms with E-state index in [1.165, 1.54) is 16.9 Å². The molecule has 3 aromatic heterocycles. The van der Waals surface area contributed by atoms with Gasteiger partial charge in [0.2, 0.25) is 6.41 Å². The Kier molecular flexibility index (Phi) is 6.12. The number of hydrogen-bond donors (Lipinski definition) is 2. The van der Waals surface area contributed by atoms with E-state index in [4.69, 9.17) is 14.8 Å². The van der Waals surface area contributed by atoms with E-state index in [9.17, 15) is 5.11 Å². The summed E-state index contributed by atoms with van der Waals surface area (Å²) < 4.78 is 9.97. The van der Waals surface area contributed by atoms with Crippen LogP contribution in [0.25, 0.3) is 11.0 Å². The molecule has 0 saturated heterocycles. The van der Waals surface area contributed by atoms with Gasteiger partial charge in [-0.25, -0.2) is 4.98 Å². The van der Waals surface area contributed by atoms with Crippen molar-refractivity contribution >= 4 is 16.7 Å². The second-order valence-electron chi connectivity index (χ2n) is 13.1. The summed E-state index contributed by atoms with van der Waals surface area (Å²) in [5.41, 5.74) is 7.04. The number of aromatic nitrogens is 5. The summed E-state index contributed by atoms with van der Waals surface area (Å²) in [7, 11) is 1.96. The fourth-order valence-electron chi connectivity index (χ4n) is 7.14. The second kappa shape index (κ2) is 9.03. The van der Waals surface area contributed by atoms with Crippen molar-refractivity contribution in [1.82, 2.24) is 29.9 Å². The van der Waals surface area contributed by atoms with Crippen molar-refractivity contribution in [1.29, 1.82) is 0 Å². The number of nitrogens with one attached hydrogen (secondary N) is 1. The normalized spacial score (nSPS) is 26.2. The van der Waals surface area contributed by atoms with Gasteiger partial charge < -0.3 is 14.7 Å². The maximum absolute atomic E-state index is 10.5. The molecule has 0 amide bonds. The Morgan fingerprint density at radius 3 is 2.53 bits per heavy atom.